The van der Waals surface area contributed by atoms with Crippen molar-refractivity contribution in [3.05, 3.63) is 47.4 Å². The molecule has 2 aliphatic rings. The van der Waals surface area contributed by atoms with Crippen LogP contribution in [0.1, 0.15) is 54.5 Å². The number of halogens is 1. The highest BCUT2D eigenvalue weighted by Crippen LogP contribution is 2.52. The number of hydrogen-bond donors (Lipinski definition) is 3. The summed E-state index contributed by atoms with van der Waals surface area (Å²) in [5.41, 5.74) is 2.72. The summed E-state index contributed by atoms with van der Waals surface area (Å²) in [6.45, 7) is 3.92. The van der Waals surface area contributed by atoms with Crippen LogP contribution in [0.5, 0.6) is 0 Å². The van der Waals surface area contributed by atoms with E-state index in [1.165, 1.54) is 11.1 Å². The summed E-state index contributed by atoms with van der Waals surface area (Å²) in [6.07, 6.45) is 7.70. The Hall–Kier alpha value is -3.41. The van der Waals surface area contributed by atoms with E-state index in [1.54, 1.807) is 24.5 Å². The van der Waals surface area contributed by atoms with Crippen molar-refractivity contribution in [3.63, 3.8) is 0 Å². The minimum absolute atomic E-state index is 0.0352. The van der Waals surface area contributed by atoms with Crippen LogP contribution in [-0.2, 0) is 22.0 Å². The fourth-order valence-corrected chi connectivity index (χ4v) is 5.95. The molecule has 3 N–H and O–H groups in total. The predicted molar refractivity (Wildman–Crippen MR) is 146 cm³/mol. The summed E-state index contributed by atoms with van der Waals surface area (Å²) < 4.78 is 27.3. The molecule has 39 heavy (non-hydrogen) atoms. The molecule has 3 heterocycles. The van der Waals surface area contributed by atoms with Crippen LogP contribution in [0, 0.1) is 30.6 Å². The van der Waals surface area contributed by atoms with Crippen molar-refractivity contribution in [1.29, 1.82) is 0 Å². The highest BCUT2D eigenvalue weighted by Gasteiger charge is 2.51. The molecule has 2 amide bonds. The fraction of sp³-hybridized carbons (Fsp3) is 0.519. The summed E-state index contributed by atoms with van der Waals surface area (Å²) in [5.74, 6) is -0.561. The minimum Gasteiger partial charge on any atom is -0.324 e. The quantitative estimate of drug-likeness (QED) is 0.293. The monoisotopic (exact) mass is 555 g/mol. The van der Waals surface area contributed by atoms with Gasteiger partial charge in [-0.25, -0.2) is 4.98 Å². The Kier molecular flexibility index (Phi) is 7.92. The van der Waals surface area contributed by atoms with Gasteiger partial charge in [-0.05, 0) is 75.0 Å². The van der Waals surface area contributed by atoms with Gasteiger partial charge in [0.15, 0.2) is 0 Å². The Balaban J connectivity index is 1.46. The lowest BCUT2D eigenvalue weighted by atomic mass is 9.87. The van der Waals surface area contributed by atoms with Crippen LogP contribution in [0.25, 0.3) is 11.1 Å². The first kappa shape index (κ1) is 27.2. The van der Waals surface area contributed by atoms with Gasteiger partial charge in [-0.15, -0.1) is 0 Å². The second kappa shape index (κ2) is 11.4. The molecule has 12 heteroatoms. The van der Waals surface area contributed by atoms with Gasteiger partial charge in [-0.2, -0.15) is 14.6 Å². The maximum atomic E-state index is 15.3. The summed E-state index contributed by atoms with van der Waals surface area (Å²) in [6, 6.07) is 3.92. The number of aromatic amines is 2. The van der Waals surface area contributed by atoms with E-state index in [-0.39, 0.29) is 35.6 Å². The van der Waals surface area contributed by atoms with Crippen LogP contribution in [0.15, 0.2) is 24.4 Å². The molecule has 2 fully saturated rings. The van der Waals surface area contributed by atoms with Crippen LogP contribution in [-0.4, -0.2) is 70.9 Å². The van der Waals surface area contributed by atoms with Crippen molar-refractivity contribution in [1.82, 2.24) is 30.3 Å². The van der Waals surface area contributed by atoms with Crippen molar-refractivity contribution in [2.24, 2.45) is 17.8 Å². The number of hydrogen-bond acceptors (Lipinski definition) is 6. The molecule has 0 spiro atoms. The van der Waals surface area contributed by atoms with Gasteiger partial charge in [-0.3, -0.25) is 24.0 Å². The molecule has 2 atom stereocenters. The molecule has 0 radical (unpaired) electrons. The van der Waals surface area contributed by atoms with Crippen molar-refractivity contribution in [2.75, 3.05) is 23.9 Å². The molecule has 0 bridgehead atoms. The van der Waals surface area contributed by atoms with Crippen LogP contribution in [0.4, 0.5) is 10.2 Å². The van der Waals surface area contributed by atoms with E-state index in [1.807, 2.05) is 13.8 Å². The number of H-pyrrole nitrogens is 2. The van der Waals surface area contributed by atoms with Gasteiger partial charge in [0.25, 0.3) is 5.91 Å². The van der Waals surface area contributed by atoms with Gasteiger partial charge >= 0.3 is 0 Å². The van der Waals surface area contributed by atoms with Gasteiger partial charge in [0.1, 0.15) is 17.6 Å². The Morgan fingerprint density at radius 2 is 1.90 bits per heavy atom. The third-order valence-corrected chi connectivity index (χ3v) is 8.40. The highest BCUT2D eigenvalue weighted by atomic mass is 32.2. The lowest BCUT2D eigenvalue weighted by Gasteiger charge is -2.36. The molecule has 208 valence electrons. The molecule has 2 aliphatic carbocycles. The zero-order chi connectivity index (χ0) is 27.7. The summed E-state index contributed by atoms with van der Waals surface area (Å²) in [7, 11) is -1.17. The van der Waals surface area contributed by atoms with E-state index in [0.29, 0.717) is 29.4 Å². The van der Waals surface area contributed by atoms with Gasteiger partial charge in [0.05, 0.1) is 5.69 Å². The molecule has 2 saturated carbocycles. The number of carbonyl (C=O) groups is 2. The number of nitrogens with zero attached hydrogens (tertiary/aromatic N) is 4. The average molecular weight is 556 g/mol. The Morgan fingerprint density at radius 1 is 1.18 bits per heavy atom. The molecule has 10 nitrogen and oxygen atoms in total. The zero-order valence-corrected chi connectivity index (χ0v) is 23.2. The Labute approximate surface area is 229 Å². The molecule has 0 aromatic carbocycles. The predicted octanol–water partition coefficient (Wildman–Crippen LogP) is 3.47. The third kappa shape index (κ3) is 5.95. The lowest BCUT2D eigenvalue weighted by Crippen LogP contribution is -2.54. The molecule has 0 aliphatic heterocycles. The van der Waals surface area contributed by atoms with E-state index in [0.717, 1.165) is 37.1 Å². The first-order valence-corrected chi connectivity index (χ1v) is 15.1. The zero-order valence-electron chi connectivity index (χ0n) is 22.4. The van der Waals surface area contributed by atoms with E-state index in [9.17, 15) is 13.8 Å². The molecule has 0 saturated heterocycles. The second-order valence-electron chi connectivity index (χ2n) is 10.5. The molecular weight excluding hydrogens is 521 g/mol. The van der Waals surface area contributed by atoms with Gasteiger partial charge in [-0.1, -0.05) is 6.92 Å². The SMILES string of the molecule is CCc1n[nH]c(C)c1-c1ccc(NC(=O)[C@H](C(C2CC2)C2CC2)N(CCS(C)=O)C(=O)c2ccn[nH]2)nc1F. The van der Waals surface area contributed by atoms with Gasteiger partial charge in [0, 0.05) is 52.4 Å². The number of aromatic nitrogens is 5. The summed E-state index contributed by atoms with van der Waals surface area (Å²) >= 11 is 0. The molecule has 5 rings (SSSR count). The maximum Gasteiger partial charge on any atom is 0.272 e. The van der Waals surface area contributed by atoms with Crippen molar-refractivity contribution >= 4 is 28.4 Å². The standard InChI is InChI=1S/C27H34FN7O3S/c1-4-19-22(15(2)32-34-19)18-9-10-21(30-25(18)28)31-26(36)24(23(16-5-6-16)17-7-8-17)35(13-14-39(3)38)27(37)20-11-12-29-33-20/h9-12,16-17,23-24H,4-8,13-14H2,1-3H3,(H,29,33)(H,32,34)(H,30,31,36)/t24-,39?/m0/s1. The van der Waals surface area contributed by atoms with Crippen LogP contribution in [0.3, 0.4) is 0 Å². The van der Waals surface area contributed by atoms with Crippen LogP contribution < -0.4 is 5.32 Å². The van der Waals surface area contributed by atoms with Gasteiger partial charge < -0.3 is 10.2 Å². The average Bonchev–Trinajstić information content (AvgIpc) is 3.83. The number of anilines is 1. The number of pyridine rings is 1. The maximum absolute atomic E-state index is 15.3. The normalized spacial score (nSPS) is 16.7. The largest absolute Gasteiger partial charge is 0.324 e. The first-order chi connectivity index (χ1) is 18.8. The molecule has 1 unspecified atom stereocenters. The number of aryl methyl sites for hydroxylation is 2. The van der Waals surface area contributed by atoms with E-state index < -0.39 is 28.7 Å². The van der Waals surface area contributed by atoms with Crippen molar-refractivity contribution in [3.8, 4) is 11.1 Å². The number of carbonyl (C=O) groups excluding carboxylic acids is 2. The number of nitrogens with one attached hydrogen (secondary N) is 3. The Morgan fingerprint density at radius 3 is 2.46 bits per heavy atom. The number of rotatable bonds is 12. The third-order valence-electron chi connectivity index (χ3n) is 7.64. The van der Waals surface area contributed by atoms with E-state index in [2.05, 4.69) is 30.7 Å². The number of amides is 2. The van der Waals surface area contributed by atoms with Crippen molar-refractivity contribution < 1.29 is 18.2 Å². The lowest BCUT2D eigenvalue weighted by molar-refractivity contribution is -0.123. The summed E-state index contributed by atoms with van der Waals surface area (Å²) in [4.78, 5) is 33.2. The van der Waals surface area contributed by atoms with Crippen LogP contribution >= 0.6 is 0 Å². The van der Waals surface area contributed by atoms with E-state index in [4.69, 9.17) is 0 Å². The molecular formula is C27H34FN7O3S. The topological polar surface area (TPSA) is 137 Å². The highest BCUT2D eigenvalue weighted by molar-refractivity contribution is 7.84. The molecule has 3 aromatic rings. The second-order valence-corrected chi connectivity index (χ2v) is 12.0. The van der Waals surface area contributed by atoms with Gasteiger partial charge in [0.2, 0.25) is 11.9 Å². The van der Waals surface area contributed by atoms with E-state index >= 15 is 4.39 Å². The fourth-order valence-electron chi connectivity index (χ4n) is 5.49. The first-order valence-electron chi connectivity index (χ1n) is 13.4. The van der Waals surface area contributed by atoms with Crippen LogP contribution in [0.2, 0.25) is 0 Å². The van der Waals surface area contributed by atoms with Crippen molar-refractivity contribution in [2.45, 2.75) is 52.0 Å². The molecule has 3 aromatic heterocycles. The smallest absolute Gasteiger partial charge is 0.272 e. The minimum atomic E-state index is -1.17. The summed E-state index contributed by atoms with van der Waals surface area (Å²) in [5, 5.41) is 16.5. The Bertz CT molecular complexity index is 1360.